The first kappa shape index (κ1) is 13.5. The van der Waals surface area contributed by atoms with Crippen LogP contribution >= 0.6 is 11.3 Å². The van der Waals surface area contributed by atoms with Crippen LogP contribution in [0.4, 0.5) is 0 Å². The minimum absolute atomic E-state index is 0.0539. The topological polar surface area (TPSA) is 45.2 Å². The molecule has 4 nitrogen and oxygen atoms in total. The second kappa shape index (κ2) is 6.85. The molecule has 0 aliphatic carbocycles. The van der Waals surface area contributed by atoms with E-state index >= 15 is 0 Å². The fraction of sp³-hybridized carbons (Fsp3) is 0.692. The smallest absolute Gasteiger partial charge is 0.270 e. The Bertz CT molecular complexity index is 360. The number of hydrogen-bond donors (Lipinski definition) is 1. The van der Waals surface area contributed by atoms with E-state index in [0.717, 1.165) is 13.1 Å². The monoisotopic (exact) mass is 267 g/mol. The predicted molar refractivity (Wildman–Crippen MR) is 73.9 cm³/mol. The van der Waals surface area contributed by atoms with E-state index in [0.29, 0.717) is 11.6 Å². The lowest BCUT2D eigenvalue weighted by Gasteiger charge is -2.29. The first-order valence-electron chi connectivity index (χ1n) is 6.64. The van der Waals surface area contributed by atoms with E-state index in [9.17, 15) is 4.79 Å². The van der Waals surface area contributed by atoms with Gasteiger partial charge in [0.05, 0.1) is 5.51 Å². The van der Waals surface area contributed by atoms with Gasteiger partial charge in [-0.3, -0.25) is 4.79 Å². The summed E-state index contributed by atoms with van der Waals surface area (Å²) in [7, 11) is 0. The van der Waals surface area contributed by atoms with Gasteiger partial charge in [0.1, 0.15) is 5.69 Å². The second-order valence-corrected chi connectivity index (χ2v) is 5.77. The van der Waals surface area contributed by atoms with Crippen molar-refractivity contribution in [2.45, 2.75) is 26.2 Å². The molecule has 100 valence electrons. The van der Waals surface area contributed by atoms with Gasteiger partial charge in [-0.1, -0.05) is 13.3 Å². The van der Waals surface area contributed by atoms with Crippen LogP contribution in [0.5, 0.6) is 0 Å². The van der Waals surface area contributed by atoms with E-state index in [-0.39, 0.29) is 5.91 Å². The molecular formula is C13H21N3OS. The minimum Gasteiger partial charge on any atom is -0.350 e. The molecule has 1 atom stereocenters. The van der Waals surface area contributed by atoms with Gasteiger partial charge < -0.3 is 10.2 Å². The highest BCUT2D eigenvalue weighted by atomic mass is 32.1. The van der Waals surface area contributed by atoms with Crippen molar-refractivity contribution >= 4 is 17.2 Å². The number of carbonyl (C=O) groups is 1. The van der Waals surface area contributed by atoms with Crippen molar-refractivity contribution in [3.05, 3.63) is 16.6 Å². The minimum atomic E-state index is -0.0539. The normalized spacial score (nSPS) is 18.5. The third kappa shape index (κ3) is 4.07. The van der Waals surface area contributed by atoms with Crippen LogP contribution < -0.4 is 5.32 Å². The van der Waals surface area contributed by atoms with E-state index in [1.54, 1.807) is 10.9 Å². The van der Waals surface area contributed by atoms with Crippen molar-refractivity contribution in [3.63, 3.8) is 0 Å². The molecule has 0 saturated carbocycles. The molecule has 1 N–H and O–H groups in total. The van der Waals surface area contributed by atoms with Crippen LogP contribution in [0.3, 0.4) is 0 Å². The average Bonchev–Trinajstić information content (AvgIpc) is 2.91. The molecule has 2 heterocycles. The van der Waals surface area contributed by atoms with Crippen LogP contribution in [0.15, 0.2) is 10.9 Å². The number of amides is 1. The third-order valence-electron chi connectivity index (χ3n) is 3.29. The molecule has 1 saturated heterocycles. The molecular weight excluding hydrogens is 246 g/mol. The molecule has 1 fully saturated rings. The van der Waals surface area contributed by atoms with Gasteiger partial charge in [-0.25, -0.2) is 4.98 Å². The Balaban J connectivity index is 1.68. The molecule has 1 unspecified atom stereocenters. The summed E-state index contributed by atoms with van der Waals surface area (Å²) in [6, 6.07) is 0. The Morgan fingerprint density at radius 1 is 1.50 bits per heavy atom. The highest BCUT2D eigenvalue weighted by molar-refractivity contribution is 7.07. The van der Waals surface area contributed by atoms with Gasteiger partial charge in [-0.05, 0) is 31.8 Å². The van der Waals surface area contributed by atoms with Crippen molar-refractivity contribution in [2.24, 2.45) is 5.92 Å². The van der Waals surface area contributed by atoms with E-state index in [1.165, 1.54) is 43.7 Å². The van der Waals surface area contributed by atoms with Gasteiger partial charge in [0.25, 0.3) is 5.91 Å². The first-order valence-corrected chi connectivity index (χ1v) is 7.58. The summed E-state index contributed by atoms with van der Waals surface area (Å²) < 4.78 is 0. The van der Waals surface area contributed by atoms with Gasteiger partial charge in [-0.2, -0.15) is 0 Å². The van der Waals surface area contributed by atoms with Gasteiger partial charge in [0.2, 0.25) is 0 Å². The fourth-order valence-corrected chi connectivity index (χ4v) is 2.86. The van der Waals surface area contributed by atoms with Crippen LogP contribution in [0.25, 0.3) is 0 Å². The Morgan fingerprint density at radius 2 is 2.28 bits per heavy atom. The lowest BCUT2D eigenvalue weighted by molar-refractivity contribution is 0.0938. The zero-order chi connectivity index (χ0) is 12.8. The summed E-state index contributed by atoms with van der Waals surface area (Å²) in [4.78, 5) is 18.2. The Kier molecular flexibility index (Phi) is 5.13. The van der Waals surface area contributed by atoms with Crippen molar-refractivity contribution in [3.8, 4) is 0 Å². The summed E-state index contributed by atoms with van der Waals surface area (Å²) in [6.45, 7) is 6.43. The number of rotatable bonds is 5. The summed E-state index contributed by atoms with van der Waals surface area (Å²) in [6.07, 6.45) is 4.00. The Morgan fingerprint density at radius 3 is 2.94 bits per heavy atom. The van der Waals surface area contributed by atoms with Crippen LogP contribution in [-0.2, 0) is 0 Å². The molecule has 1 aromatic heterocycles. The molecule has 1 aromatic rings. The van der Waals surface area contributed by atoms with Gasteiger partial charge in [0, 0.05) is 18.5 Å². The van der Waals surface area contributed by atoms with Crippen LogP contribution in [0, 0.1) is 5.92 Å². The van der Waals surface area contributed by atoms with Crippen molar-refractivity contribution in [1.82, 2.24) is 15.2 Å². The number of piperidine rings is 1. The molecule has 0 radical (unpaired) electrons. The van der Waals surface area contributed by atoms with Crippen LogP contribution in [0.2, 0.25) is 0 Å². The third-order valence-corrected chi connectivity index (χ3v) is 3.88. The summed E-state index contributed by atoms with van der Waals surface area (Å²) in [5, 5.41) is 4.74. The standard InChI is InChI=1S/C13H21N3OS/c1-11(8-16-5-3-2-4-6-16)7-14-13(17)12-9-18-10-15-12/h9-11H,2-8H2,1H3,(H,14,17). The van der Waals surface area contributed by atoms with Gasteiger partial charge in [0.15, 0.2) is 0 Å². The lowest BCUT2D eigenvalue weighted by Crippen LogP contribution is -2.38. The lowest BCUT2D eigenvalue weighted by atomic mass is 10.1. The maximum atomic E-state index is 11.7. The highest BCUT2D eigenvalue weighted by Crippen LogP contribution is 2.10. The number of thiazole rings is 1. The number of nitrogens with one attached hydrogen (secondary N) is 1. The second-order valence-electron chi connectivity index (χ2n) is 5.05. The number of nitrogens with zero attached hydrogens (tertiary/aromatic N) is 2. The number of carbonyl (C=O) groups excluding carboxylic acids is 1. The number of likely N-dealkylation sites (tertiary alicyclic amines) is 1. The summed E-state index contributed by atoms with van der Waals surface area (Å²) in [5.41, 5.74) is 2.22. The molecule has 0 aromatic carbocycles. The van der Waals surface area contributed by atoms with Crippen molar-refractivity contribution in [2.75, 3.05) is 26.2 Å². The molecule has 1 aliphatic rings. The fourth-order valence-electron chi connectivity index (χ4n) is 2.33. The molecule has 1 amide bonds. The van der Waals surface area contributed by atoms with E-state index in [1.807, 2.05) is 0 Å². The summed E-state index contributed by atoms with van der Waals surface area (Å²) >= 11 is 1.45. The Labute approximate surface area is 112 Å². The molecule has 0 bridgehead atoms. The largest absolute Gasteiger partial charge is 0.350 e. The molecule has 1 aliphatic heterocycles. The highest BCUT2D eigenvalue weighted by Gasteiger charge is 2.14. The van der Waals surface area contributed by atoms with E-state index in [4.69, 9.17) is 0 Å². The molecule has 2 rings (SSSR count). The average molecular weight is 267 g/mol. The van der Waals surface area contributed by atoms with Crippen LogP contribution in [-0.4, -0.2) is 42.0 Å². The van der Waals surface area contributed by atoms with E-state index < -0.39 is 0 Å². The van der Waals surface area contributed by atoms with Gasteiger partial charge >= 0.3 is 0 Å². The van der Waals surface area contributed by atoms with Gasteiger partial charge in [-0.15, -0.1) is 11.3 Å². The molecule has 5 heteroatoms. The van der Waals surface area contributed by atoms with Crippen LogP contribution in [0.1, 0.15) is 36.7 Å². The SMILES string of the molecule is CC(CNC(=O)c1cscn1)CN1CCCCC1. The van der Waals surface area contributed by atoms with Crippen molar-refractivity contribution < 1.29 is 4.79 Å². The zero-order valence-electron chi connectivity index (χ0n) is 10.9. The number of aromatic nitrogens is 1. The predicted octanol–water partition coefficient (Wildman–Crippen LogP) is 1.99. The summed E-state index contributed by atoms with van der Waals surface area (Å²) in [5.74, 6) is 0.437. The maximum Gasteiger partial charge on any atom is 0.270 e. The Hall–Kier alpha value is -0.940. The zero-order valence-corrected chi connectivity index (χ0v) is 11.7. The number of hydrogen-bond acceptors (Lipinski definition) is 4. The van der Waals surface area contributed by atoms with E-state index in [2.05, 4.69) is 22.1 Å². The van der Waals surface area contributed by atoms with Crippen molar-refractivity contribution in [1.29, 1.82) is 0 Å². The molecule has 0 spiro atoms. The maximum absolute atomic E-state index is 11.7. The molecule has 18 heavy (non-hydrogen) atoms. The first-order chi connectivity index (χ1) is 8.75. The quantitative estimate of drug-likeness (QED) is 0.887.